The van der Waals surface area contributed by atoms with Crippen molar-refractivity contribution in [1.82, 2.24) is 9.88 Å². The number of hydrogen-bond acceptors (Lipinski definition) is 7. The highest BCUT2D eigenvalue weighted by Crippen LogP contribution is 2.40. The molecule has 41 heavy (non-hydrogen) atoms. The Morgan fingerprint density at radius 3 is 1.85 bits per heavy atom. The minimum absolute atomic E-state index is 0.139. The molecule has 0 aliphatic carbocycles. The number of rotatable bonds is 12. The van der Waals surface area contributed by atoms with Gasteiger partial charge in [0.1, 0.15) is 5.75 Å². The van der Waals surface area contributed by atoms with Crippen LogP contribution >= 0.6 is 0 Å². The quantitative estimate of drug-likeness (QED) is 0.164. The standard InChI is InChI=1S/C28H42N2O3.C4H4O4/c1-27(2,3)22-18-20(19-23(25(22)32)28(4,5)6)24(31)21-14-13-15-29-26(21)33-17-12-10-9-11-16-30(7)8;5-3(6)1-2-4(7)8/h13-15,18-19,32H,9-12,16-17H2,1-8H3;1-2H,(H,5,6)(H,7,8)/b;2-1+. The van der Waals surface area contributed by atoms with Gasteiger partial charge in [-0.3, -0.25) is 4.79 Å². The first-order valence-corrected chi connectivity index (χ1v) is 13.7. The average molecular weight is 571 g/mol. The number of carbonyl (C=O) groups is 3. The molecule has 0 amide bonds. The fourth-order valence-corrected chi connectivity index (χ4v) is 3.94. The first kappa shape index (κ1) is 35.3. The van der Waals surface area contributed by atoms with E-state index in [1.165, 1.54) is 6.42 Å². The summed E-state index contributed by atoms with van der Waals surface area (Å²) >= 11 is 0. The van der Waals surface area contributed by atoms with Gasteiger partial charge in [0.15, 0.2) is 5.78 Å². The molecule has 2 rings (SSSR count). The van der Waals surface area contributed by atoms with Gasteiger partial charge in [-0.2, -0.15) is 0 Å². The summed E-state index contributed by atoms with van der Waals surface area (Å²) in [5.74, 6) is -2.01. The Morgan fingerprint density at radius 2 is 1.39 bits per heavy atom. The van der Waals surface area contributed by atoms with Crippen molar-refractivity contribution >= 4 is 17.7 Å². The van der Waals surface area contributed by atoms with Gasteiger partial charge in [-0.15, -0.1) is 0 Å². The zero-order valence-electron chi connectivity index (χ0n) is 25.7. The average Bonchev–Trinajstić information content (AvgIpc) is 2.85. The Balaban J connectivity index is 0.000000915. The Labute approximate surface area is 243 Å². The highest BCUT2D eigenvalue weighted by atomic mass is 16.5. The van der Waals surface area contributed by atoms with Crippen LogP contribution in [0.5, 0.6) is 11.6 Å². The van der Waals surface area contributed by atoms with E-state index in [1.54, 1.807) is 18.3 Å². The molecule has 9 heteroatoms. The largest absolute Gasteiger partial charge is 0.507 e. The Morgan fingerprint density at radius 1 is 0.878 bits per heavy atom. The minimum Gasteiger partial charge on any atom is -0.507 e. The molecule has 0 unspecified atom stereocenters. The van der Waals surface area contributed by atoms with Crippen LogP contribution < -0.4 is 4.74 Å². The predicted molar refractivity (Wildman–Crippen MR) is 160 cm³/mol. The molecule has 0 radical (unpaired) electrons. The number of hydrogen-bond donors (Lipinski definition) is 3. The van der Waals surface area contributed by atoms with Crippen LogP contribution in [0.25, 0.3) is 0 Å². The summed E-state index contributed by atoms with van der Waals surface area (Å²) in [7, 11) is 4.18. The van der Waals surface area contributed by atoms with E-state index in [0.29, 0.717) is 35.8 Å². The van der Waals surface area contributed by atoms with Gasteiger partial charge in [0.25, 0.3) is 0 Å². The third-order valence-electron chi connectivity index (χ3n) is 6.11. The number of nitrogens with zero attached hydrogens (tertiary/aromatic N) is 2. The zero-order chi connectivity index (χ0) is 31.4. The Hall–Kier alpha value is -3.72. The monoisotopic (exact) mass is 570 g/mol. The summed E-state index contributed by atoms with van der Waals surface area (Å²) in [6, 6.07) is 7.15. The second-order valence-electron chi connectivity index (χ2n) is 12.2. The van der Waals surface area contributed by atoms with Crippen LogP contribution in [0.2, 0.25) is 0 Å². The third-order valence-corrected chi connectivity index (χ3v) is 6.11. The lowest BCUT2D eigenvalue weighted by Gasteiger charge is -2.28. The number of ketones is 1. The number of carboxylic acids is 2. The number of phenols is 1. The highest BCUT2D eigenvalue weighted by Gasteiger charge is 2.28. The lowest BCUT2D eigenvalue weighted by atomic mass is 9.78. The van der Waals surface area contributed by atoms with E-state index in [4.69, 9.17) is 14.9 Å². The molecule has 0 atom stereocenters. The van der Waals surface area contributed by atoms with Gasteiger partial charge in [0, 0.05) is 35.0 Å². The number of phenolic OH excluding ortho intramolecular Hbond substituents is 1. The summed E-state index contributed by atoms with van der Waals surface area (Å²) in [6.07, 6.45) is 7.12. The van der Waals surface area contributed by atoms with Gasteiger partial charge in [-0.1, -0.05) is 54.4 Å². The van der Waals surface area contributed by atoms with Gasteiger partial charge < -0.3 is 25.0 Å². The van der Waals surface area contributed by atoms with Gasteiger partial charge in [-0.25, -0.2) is 14.6 Å². The summed E-state index contributed by atoms with van der Waals surface area (Å²) < 4.78 is 5.93. The lowest BCUT2D eigenvalue weighted by Crippen LogP contribution is -2.19. The van der Waals surface area contributed by atoms with Gasteiger partial charge >= 0.3 is 11.9 Å². The van der Waals surface area contributed by atoms with Crippen molar-refractivity contribution in [2.75, 3.05) is 27.2 Å². The second kappa shape index (κ2) is 15.9. The van der Waals surface area contributed by atoms with E-state index in [-0.39, 0.29) is 22.4 Å². The molecule has 0 fully saturated rings. The van der Waals surface area contributed by atoms with E-state index in [1.807, 2.05) is 53.7 Å². The van der Waals surface area contributed by atoms with Crippen molar-refractivity contribution in [3.05, 3.63) is 64.9 Å². The van der Waals surface area contributed by atoms with Gasteiger partial charge in [-0.05, 0) is 68.6 Å². The van der Waals surface area contributed by atoms with Crippen LogP contribution in [0, 0.1) is 0 Å². The molecule has 2 aromatic rings. The maximum absolute atomic E-state index is 13.6. The molecule has 0 spiro atoms. The van der Waals surface area contributed by atoms with E-state index in [2.05, 4.69) is 24.0 Å². The Kier molecular flexibility index (Phi) is 13.7. The summed E-state index contributed by atoms with van der Waals surface area (Å²) in [5, 5.41) is 26.6. The van der Waals surface area contributed by atoms with Crippen LogP contribution in [0.15, 0.2) is 42.6 Å². The number of aromatic nitrogens is 1. The second-order valence-corrected chi connectivity index (χ2v) is 12.2. The third kappa shape index (κ3) is 12.6. The number of pyridine rings is 1. The van der Waals surface area contributed by atoms with E-state index in [9.17, 15) is 19.5 Å². The zero-order valence-corrected chi connectivity index (χ0v) is 25.7. The van der Waals surface area contributed by atoms with Crippen LogP contribution in [0.1, 0.15) is 94.3 Å². The SMILES string of the molecule is CN(C)CCCCCCOc1ncccc1C(=O)c1cc(C(C)(C)C)c(O)c(C(C)(C)C)c1.O=C(O)/C=C/C(=O)O. The summed E-state index contributed by atoms with van der Waals surface area (Å²) in [4.78, 5) is 39.2. The molecule has 0 saturated heterocycles. The first-order chi connectivity index (χ1) is 18.9. The molecule has 226 valence electrons. The molecule has 1 aromatic carbocycles. The van der Waals surface area contributed by atoms with Crippen molar-refractivity contribution in [1.29, 1.82) is 0 Å². The van der Waals surface area contributed by atoms with Crippen molar-refractivity contribution in [2.24, 2.45) is 0 Å². The molecule has 0 saturated carbocycles. The molecule has 0 aliphatic heterocycles. The number of carbonyl (C=O) groups excluding carboxylic acids is 1. The first-order valence-electron chi connectivity index (χ1n) is 13.7. The predicted octanol–water partition coefficient (Wildman–Crippen LogP) is 5.83. The molecule has 9 nitrogen and oxygen atoms in total. The number of benzene rings is 1. The number of aliphatic carboxylic acids is 2. The van der Waals surface area contributed by atoms with Gasteiger partial charge in [0.05, 0.1) is 12.2 Å². The van der Waals surface area contributed by atoms with E-state index in [0.717, 1.165) is 36.9 Å². The molecule has 0 bridgehead atoms. The van der Waals surface area contributed by atoms with Crippen molar-refractivity contribution in [3.63, 3.8) is 0 Å². The van der Waals surface area contributed by atoms with Crippen molar-refractivity contribution in [3.8, 4) is 11.6 Å². The molecule has 3 N–H and O–H groups in total. The normalized spacial score (nSPS) is 11.7. The Bertz CT molecular complexity index is 1150. The highest BCUT2D eigenvalue weighted by molar-refractivity contribution is 6.10. The molecule has 0 aliphatic rings. The lowest BCUT2D eigenvalue weighted by molar-refractivity contribution is -0.134. The number of aromatic hydroxyl groups is 1. The molecular weight excluding hydrogens is 524 g/mol. The van der Waals surface area contributed by atoms with Gasteiger partial charge in [0.2, 0.25) is 5.88 Å². The number of unbranched alkanes of at least 4 members (excludes halogenated alkanes) is 3. The number of carboxylic acid groups (broad SMARTS) is 2. The van der Waals surface area contributed by atoms with Crippen LogP contribution in [-0.2, 0) is 20.4 Å². The van der Waals surface area contributed by atoms with E-state index < -0.39 is 11.9 Å². The maximum atomic E-state index is 13.6. The molecule has 1 heterocycles. The minimum atomic E-state index is -1.26. The van der Waals surface area contributed by atoms with Crippen molar-refractivity contribution < 1.29 is 34.4 Å². The number of ether oxygens (including phenoxy) is 1. The molecular formula is C32H46N2O7. The van der Waals surface area contributed by atoms with Crippen LogP contribution in [-0.4, -0.2) is 70.2 Å². The van der Waals surface area contributed by atoms with Crippen LogP contribution in [0.3, 0.4) is 0 Å². The van der Waals surface area contributed by atoms with Crippen molar-refractivity contribution in [2.45, 2.75) is 78.1 Å². The summed E-state index contributed by atoms with van der Waals surface area (Å²) in [5.41, 5.74) is 1.92. The molecule has 1 aromatic heterocycles. The summed E-state index contributed by atoms with van der Waals surface area (Å²) in [6.45, 7) is 13.9. The fraction of sp³-hybridized carbons (Fsp3) is 0.500. The maximum Gasteiger partial charge on any atom is 0.328 e. The smallest absolute Gasteiger partial charge is 0.328 e. The van der Waals surface area contributed by atoms with Crippen LogP contribution in [0.4, 0.5) is 0 Å². The van der Waals surface area contributed by atoms with E-state index >= 15 is 0 Å². The topological polar surface area (TPSA) is 137 Å². The fourth-order valence-electron chi connectivity index (χ4n) is 3.94.